The van der Waals surface area contributed by atoms with Gasteiger partial charge in [-0.2, -0.15) is 0 Å². The van der Waals surface area contributed by atoms with Crippen LogP contribution in [-0.2, 0) is 25.7 Å². The Morgan fingerprint density at radius 1 is 0.882 bits per heavy atom. The lowest BCUT2D eigenvalue weighted by Crippen LogP contribution is -1.99. The molecule has 0 unspecified atom stereocenters. The highest BCUT2D eigenvalue weighted by atomic mass is 14.6. The summed E-state index contributed by atoms with van der Waals surface area (Å²) in [5, 5.41) is 0. The second kappa shape index (κ2) is 6.48. The number of nitrogen functional groups attached to an aromatic ring is 1. The smallest absolute Gasteiger partial charge is 0.0384 e. The highest BCUT2D eigenvalue weighted by Crippen LogP contribution is 2.36. The molecule has 1 heteroatoms. The second-order valence-corrected chi connectivity index (χ2v) is 4.27. The van der Waals surface area contributed by atoms with Crippen molar-refractivity contribution >= 4 is 5.69 Å². The van der Waals surface area contributed by atoms with E-state index in [2.05, 4.69) is 19.2 Å². The first-order valence-corrected chi connectivity index (χ1v) is 6.78. The van der Waals surface area contributed by atoms with Gasteiger partial charge in [-0.25, -0.2) is 0 Å². The Morgan fingerprint density at radius 3 is 1.71 bits per heavy atom. The molecule has 1 aromatic rings. The van der Waals surface area contributed by atoms with Crippen molar-refractivity contribution in [3.05, 3.63) is 41.5 Å². The van der Waals surface area contributed by atoms with Crippen LogP contribution in [0.25, 0.3) is 0 Å². The van der Waals surface area contributed by atoms with Gasteiger partial charge in [0.2, 0.25) is 0 Å². The minimum absolute atomic E-state index is 1.14. The Kier molecular flexibility index (Phi) is 5.27. The van der Waals surface area contributed by atoms with E-state index in [1.165, 1.54) is 60.8 Å². The summed E-state index contributed by atoms with van der Waals surface area (Å²) in [4.78, 5) is 0. The molecule has 2 N–H and O–H groups in total. The molecule has 2 aliphatic carbocycles. The first-order valence-electron chi connectivity index (χ1n) is 6.78. The summed E-state index contributed by atoms with van der Waals surface area (Å²) in [6.07, 6.45) is 7.56. The van der Waals surface area contributed by atoms with Gasteiger partial charge in [0, 0.05) is 5.69 Å². The van der Waals surface area contributed by atoms with Crippen LogP contribution >= 0.6 is 0 Å². The molecule has 0 aliphatic heterocycles. The van der Waals surface area contributed by atoms with Crippen LogP contribution in [0.4, 0.5) is 5.69 Å². The maximum atomic E-state index is 6.19. The molecule has 0 fully saturated rings. The zero-order chi connectivity index (χ0) is 12.8. The van der Waals surface area contributed by atoms with E-state index in [-0.39, 0.29) is 0 Å². The first-order chi connectivity index (χ1) is 8.36. The van der Waals surface area contributed by atoms with E-state index in [0.717, 1.165) is 5.69 Å². The van der Waals surface area contributed by atoms with E-state index >= 15 is 0 Å². The third kappa shape index (κ3) is 2.54. The van der Waals surface area contributed by atoms with Gasteiger partial charge in [0.1, 0.15) is 0 Å². The molecule has 2 aliphatic rings. The zero-order valence-electron chi connectivity index (χ0n) is 11.3. The molecule has 0 bridgehead atoms. The number of nitrogens with two attached hydrogens (primary N) is 1. The summed E-state index contributed by atoms with van der Waals surface area (Å²) in [6, 6.07) is 2.42. The van der Waals surface area contributed by atoms with Crippen molar-refractivity contribution in [1.29, 1.82) is 0 Å². The van der Waals surface area contributed by atoms with Gasteiger partial charge < -0.3 is 5.73 Å². The molecule has 3 rings (SSSR count). The lowest BCUT2D eigenvalue weighted by molar-refractivity contribution is 0.898. The fraction of sp³-hybridized carbons (Fsp3) is 0.500. The van der Waals surface area contributed by atoms with E-state index in [4.69, 9.17) is 5.73 Å². The maximum Gasteiger partial charge on any atom is 0.0384 e. The van der Waals surface area contributed by atoms with Gasteiger partial charge in [-0.15, -0.1) is 13.2 Å². The van der Waals surface area contributed by atoms with Crippen LogP contribution in [0.3, 0.4) is 0 Å². The van der Waals surface area contributed by atoms with E-state index in [0.29, 0.717) is 0 Å². The number of aryl methyl sites for hydroxylation is 2. The normalized spacial score (nSPS) is 14.9. The number of hydrogen-bond donors (Lipinski definition) is 1. The standard InChI is InChI=1S/C12H15N.C2H6.C2H4/c13-12-10-5-1-3-8(10)7-9-4-2-6-11(9)12;2*1-2/h7H,1-6,13H2;1-2H3;1-2H2. The number of benzene rings is 1. The summed E-state index contributed by atoms with van der Waals surface area (Å²) >= 11 is 0. The van der Waals surface area contributed by atoms with E-state index in [9.17, 15) is 0 Å². The molecule has 0 amide bonds. The van der Waals surface area contributed by atoms with Crippen molar-refractivity contribution < 1.29 is 0 Å². The van der Waals surface area contributed by atoms with Crippen molar-refractivity contribution in [2.45, 2.75) is 52.4 Å². The third-order valence-corrected chi connectivity index (χ3v) is 3.52. The monoisotopic (exact) mass is 231 g/mol. The summed E-state index contributed by atoms with van der Waals surface area (Å²) < 4.78 is 0. The molecule has 0 spiro atoms. The molecule has 0 saturated heterocycles. The van der Waals surface area contributed by atoms with Crippen molar-refractivity contribution in [1.82, 2.24) is 0 Å². The molecule has 0 heterocycles. The fourth-order valence-electron chi connectivity index (χ4n) is 2.86. The Morgan fingerprint density at radius 2 is 1.29 bits per heavy atom. The van der Waals surface area contributed by atoms with Gasteiger partial charge in [0.05, 0.1) is 0 Å². The van der Waals surface area contributed by atoms with Crippen molar-refractivity contribution in [3.63, 3.8) is 0 Å². The Balaban J connectivity index is 0.000000330. The van der Waals surface area contributed by atoms with Gasteiger partial charge in [-0.1, -0.05) is 19.9 Å². The number of fused-ring (bicyclic) bond motifs is 2. The molecule has 1 aromatic carbocycles. The Bertz CT molecular complexity index is 347. The molecule has 0 radical (unpaired) electrons. The summed E-state index contributed by atoms with van der Waals surface area (Å²) in [6.45, 7) is 10.0. The van der Waals surface area contributed by atoms with Gasteiger partial charge in [-0.05, 0) is 60.8 Å². The van der Waals surface area contributed by atoms with Gasteiger partial charge in [0.25, 0.3) is 0 Å². The van der Waals surface area contributed by atoms with E-state index in [1.807, 2.05) is 13.8 Å². The van der Waals surface area contributed by atoms with Crippen LogP contribution in [0.1, 0.15) is 48.9 Å². The maximum absolute atomic E-state index is 6.19. The van der Waals surface area contributed by atoms with E-state index < -0.39 is 0 Å². The highest BCUT2D eigenvalue weighted by molar-refractivity contribution is 5.63. The lowest BCUT2D eigenvalue weighted by Gasteiger charge is -2.10. The first kappa shape index (κ1) is 13.8. The zero-order valence-corrected chi connectivity index (χ0v) is 11.3. The second-order valence-electron chi connectivity index (χ2n) is 4.27. The third-order valence-electron chi connectivity index (χ3n) is 3.52. The van der Waals surface area contributed by atoms with Gasteiger partial charge in [0.15, 0.2) is 0 Å². The minimum atomic E-state index is 1.14. The Labute approximate surface area is 106 Å². The summed E-state index contributed by atoms with van der Waals surface area (Å²) in [5.74, 6) is 0. The predicted molar refractivity (Wildman–Crippen MR) is 77.5 cm³/mol. The van der Waals surface area contributed by atoms with E-state index in [1.54, 1.807) is 0 Å². The summed E-state index contributed by atoms with van der Waals surface area (Å²) in [5.41, 5.74) is 13.4. The van der Waals surface area contributed by atoms with Crippen LogP contribution < -0.4 is 5.73 Å². The fourth-order valence-corrected chi connectivity index (χ4v) is 2.86. The largest absolute Gasteiger partial charge is 0.398 e. The average molecular weight is 231 g/mol. The van der Waals surface area contributed by atoms with Crippen LogP contribution in [0, 0.1) is 0 Å². The summed E-state index contributed by atoms with van der Waals surface area (Å²) in [7, 11) is 0. The quantitative estimate of drug-likeness (QED) is 0.528. The number of rotatable bonds is 0. The van der Waals surface area contributed by atoms with Crippen molar-refractivity contribution in [3.8, 4) is 0 Å². The van der Waals surface area contributed by atoms with Crippen molar-refractivity contribution in [2.24, 2.45) is 0 Å². The molecule has 0 atom stereocenters. The van der Waals surface area contributed by atoms with Crippen molar-refractivity contribution in [2.75, 3.05) is 5.73 Å². The average Bonchev–Trinajstić information content (AvgIpc) is 3.03. The van der Waals surface area contributed by atoms with Crippen LogP contribution in [0.5, 0.6) is 0 Å². The van der Waals surface area contributed by atoms with Crippen LogP contribution in [0.2, 0.25) is 0 Å². The minimum Gasteiger partial charge on any atom is -0.398 e. The molecule has 17 heavy (non-hydrogen) atoms. The molecular weight excluding hydrogens is 206 g/mol. The number of hydrogen-bond acceptors (Lipinski definition) is 1. The molecule has 1 nitrogen and oxygen atoms in total. The van der Waals surface area contributed by atoms with Crippen LogP contribution in [0.15, 0.2) is 19.2 Å². The van der Waals surface area contributed by atoms with Gasteiger partial charge in [-0.3, -0.25) is 0 Å². The molecule has 0 saturated carbocycles. The topological polar surface area (TPSA) is 26.0 Å². The number of anilines is 1. The lowest BCUT2D eigenvalue weighted by atomic mass is 9.99. The van der Waals surface area contributed by atoms with Crippen LogP contribution in [-0.4, -0.2) is 0 Å². The van der Waals surface area contributed by atoms with Gasteiger partial charge >= 0.3 is 0 Å². The predicted octanol–water partition coefficient (Wildman–Crippen LogP) is 4.07. The molecule has 94 valence electrons. The SMILES string of the molecule is C=C.CC.Nc1c2c(cc3c1CCC3)CCC2. The highest BCUT2D eigenvalue weighted by Gasteiger charge is 2.21. The molecule has 0 aromatic heterocycles. The Hall–Kier alpha value is -1.24. The molecular formula is C16H25N.